The third-order valence-corrected chi connectivity index (χ3v) is 3.19. The van der Waals surface area contributed by atoms with Gasteiger partial charge in [-0.3, -0.25) is 0 Å². The summed E-state index contributed by atoms with van der Waals surface area (Å²) in [6.07, 6.45) is -0.0380. The van der Waals surface area contributed by atoms with E-state index in [-0.39, 0.29) is 12.8 Å². The highest BCUT2D eigenvalue weighted by atomic mass is 16.8. The molecule has 0 aromatic heterocycles. The van der Waals surface area contributed by atoms with Crippen molar-refractivity contribution in [3.05, 3.63) is 41.1 Å². The zero-order valence-corrected chi connectivity index (χ0v) is 8.88. The quantitative estimate of drug-likeness (QED) is 0.626. The minimum atomic E-state index is -0.611. The van der Waals surface area contributed by atoms with E-state index < -0.39 is 6.29 Å². The third-order valence-electron chi connectivity index (χ3n) is 3.19. The molecule has 1 unspecified atom stereocenters. The summed E-state index contributed by atoms with van der Waals surface area (Å²) in [4.78, 5) is 17.2. The fraction of sp³-hybridized carbons (Fsp3) is 0.250. The van der Waals surface area contributed by atoms with E-state index in [9.17, 15) is 4.79 Å². The Kier molecular flexibility index (Phi) is 1.67. The van der Waals surface area contributed by atoms with Gasteiger partial charge in [0.2, 0.25) is 6.29 Å². The molecule has 5 heteroatoms. The minimum Gasteiger partial charge on any atom is -0.426 e. The molecule has 1 aromatic rings. The Morgan fingerprint density at radius 3 is 3.12 bits per heavy atom. The fourth-order valence-corrected chi connectivity index (χ4v) is 2.43. The number of benzene rings is 1. The van der Waals surface area contributed by atoms with Crippen molar-refractivity contribution >= 4 is 11.7 Å². The number of nitrogens with zero attached hydrogens (tertiary/aromatic N) is 1. The number of hydrogen-bond acceptors (Lipinski definition) is 5. The number of hydroxylamine groups is 1. The summed E-state index contributed by atoms with van der Waals surface area (Å²) in [5.41, 5.74) is 3.34. The lowest BCUT2D eigenvalue weighted by molar-refractivity contribution is -0.202. The first kappa shape index (κ1) is 9.21. The zero-order chi connectivity index (χ0) is 11.4. The van der Waals surface area contributed by atoms with Gasteiger partial charge in [0.25, 0.3) is 0 Å². The van der Waals surface area contributed by atoms with Crippen molar-refractivity contribution in [2.45, 2.75) is 12.7 Å². The fourth-order valence-electron chi connectivity index (χ4n) is 2.43. The average Bonchev–Trinajstić information content (AvgIpc) is 2.68. The lowest BCUT2D eigenvalue weighted by atomic mass is 9.98. The molecule has 0 bridgehead atoms. The summed E-state index contributed by atoms with van der Waals surface area (Å²) in [6.45, 7) is 0.0864. The summed E-state index contributed by atoms with van der Waals surface area (Å²) in [5.74, 6) is -0.310. The smallest absolute Gasteiger partial charge is 0.339 e. The number of carbonyl (C=O) groups excluding carboxylic acids is 1. The van der Waals surface area contributed by atoms with Crippen molar-refractivity contribution in [1.82, 2.24) is 0 Å². The molecule has 3 aliphatic rings. The molecular weight excluding hydrogens is 222 g/mol. The van der Waals surface area contributed by atoms with Crippen LogP contribution in [0.25, 0.3) is 0 Å². The van der Waals surface area contributed by atoms with Crippen molar-refractivity contribution in [3.63, 3.8) is 0 Å². The van der Waals surface area contributed by atoms with Gasteiger partial charge in [0, 0.05) is 6.42 Å². The number of esters is 1. The van der Waals surface area contributed by atoms with Gasteiger partial charge >= 0.3 is 5.97 Å². The summed E-state index contributed by atoms with van der Waals surface area (Å²) >= 11 is 0. The molecule has 17 heavy (non-hydrogen) atoms. The van der Waals surface area contributed by atoms with E-state index in [0.29, 0.717) is 17.7 Å². The largest absolute Gasteiger partial charge is 0.426 e. The van der Waals surface area contributed by atoms with Gasteiger partial charge in [-0.05, 0) is 11.6 Å². The molecule has 3 heterocycles. The van der Waals surface area contributed by atoms with Crippen LogP contribution in [0.1, 0.15) is 5.56 Å². The predicted molar refractivity (Wildman–Crippen MR) is 56.6 cm³/mol. The van der Waals surface area contributed by atoms with Gasteiger partial charge in [-0.1, -0.05) is 18.2 Å². The van der Waals surface area contributed by atoms with Gasteiger partial charge < -0.3 is 9.47 Å². The summed E-state index contributed by atoms with van der Waals surface area (Å²) < 4.78 is 10.4. The molecule has 0 N–H and O–H groups in total. The highest BCUT2D eigenvalue weighted by Crippen LogP contribution is 2.41. The molecule has 1 fully saturated rings. The SMILES string of the molecule is O=C1OC2OCON3C2=C1Cc1ccccc13. The second kappa shape index (κ2) is 3.09. The Bertz CT molecular complexity index is 551. The van der Waals surface area contributed by atoms with E-state index in [4.69, 9.17) is 14.3 Å². The highest BCUT2D eigenvalue weighted by Gasteiger charge is 2.45. The van der Waals surface area contributed by atoms with Crippen molar-refractivity contribution in [3.8, 4) is 0 Å². The Hall–Kier alpha value is -1.85. The third kappa shape index (κ3) is 1.12. The molecule has 86 valence electrons. The van der Waals surface area contributed by atoms with Gasteiger partial charge in [0.15, 0.2) is 6.79 Å². The standard InChI is InChI=1S/C12H9NO4/c14-11-8-5-7-3-1-2-4-9(7)13-10(8)12(17-11)15-6-16-13/h1-4,12H,5-6H2. The van der Waals surface area contributed by atoms with E-state index >= 15 is 0 Å². The normalized spacial score (nSPS) is 25.5. The molecule has 4 rings (SSSR count). The van der Waals surface area contributed by atoms with E-state index in [1.54, 1.807) is 5.06 Å². The maximum atomic E-state index is 11.7. The van der Waals surface area contributed by atoms with Crippen LogP contribution in [-0.2, 0) is 25.5 Å². The maximum absolute atomic E-state index is 11.7. The lowest BCUT2D eigenvalue weighted by Crippen LogP contribution is -2.39. The molecule has 1 saturated heterocycles. The number of rotatable bonds is 0. The number of carbonyl (C=O) groups is 1. The van der Waals surface area contributed by atoms with Crippen LogP contribution in [0.3, 0.4) is 0 Å². The average molecular weight is 231 g/mol. The van der Waals surface area contributed by atoms with Crippen LogP contribution in [0.5, 0.6) is 0 Å². The molecule has 0 radical (unpaired) electrons. The van der Waals surface area contributed by atoms with Gasteiger partial charge in [-0.25, -0.2) is 14.7 Å². The Labute approximate surface area is 97.1 Å². The maximum Gasteiger partial charge on any atom is 0.339 e. The molecule has 0 spiro atoms. The molecule has 1 atom stereocenters. The molecule has 0 aliphatic carbocycles. The van der Waals surface area contributed by atoms with Crippen molar-refractivity contribution in [2.75, 3.05) is 11.9 Å². The highest BCUT2D eigenvalue weighted by molar-refractivity contribution is 5.95. The topological polar surface area (TPSA) is 48.0 Å². The van der Waals surface area contributed by atoms with E-state index in [1.165, 1.54) is 0 Å². The van der Waals surface area contributed by atoms with Crippen molar-refractivity contribution < 1.29 is 19.1 Å². The molecule has 0 amide bonds. The van der Waals surface area contributed by atoms with E-state index in [1.807, 2.05) is 24.3 Å². The van der Waals surface area contributed by atoms with Crippen LogP contribution in [0.15, 0.2) is 35.5 Å². The van der Waals surface area contributed by atoms with Crippen LogP contribution in [0, 0.1) is 0 Å². The number of fused-ring (bicyclic) bond motifs is 2. The zero-order valence-electron chi connectivity index (χ0n) is 8.88. The second-order valence-electron chi connectivity index (χ2n) is 4.11. The first-order valence-electron chi connectivity index (χ1n) is 5.41. The van der Waals surface area contributed by atoms with Gasteiger partial charge in [0.05, 0.1) is 11.3 Å². The molecule has 5 nitrogen and oxygen atoms in total. The van der Waals surface area contributed by atoms with Crippen LogP contribution < -0.4 is 5.06 Å². The first-order valence-corrected chi connectivity index (χ1v) is 5.41. The van der Waals surface area contributed by atoms with Gasteiger partial charge in [-0.2, -0.15) is 0 Å². The van der Waals surface area contributed by atoms with E-state index in [2.05, 4.69) is 0 Å². The molecule has 1 aromatic carbocycles. The molecular formula is C12H9NO4. The van der Waals surface area contributed by atoms with Gasteiger partial charge in [0.1, 0.15) is 5.70 Å². The molecule has 0 saturated carbocycles. The first-order chi connectivity index (χ1) is 8.34. The van der Waals surface area contributed by atoms with Gasteiger partial charge in [-0.15, -0.1) is 0 Å². The number of ether oxygens (including phenoxy) is 2. The number of anilines is 1. The minimum absolute atomic E-state index is 0.0864. The van der Waals surface area contributed by atoms with Crippen LogP contribution in [0.2, 0.25) is 0 Å². The van der Waals surface area contributed by atoms with E-state index in [0.717, 1.165) is 11.3 Å². The Morgan fingerprint density at radius 1 is 1.29 bits per heavy atom. The lowest BCUT2D eigenvalue weighted by Gasteiger charge is -2.35. The Morgan fingerprint density at radius 2 is 2.18 bits per heavy atom. The monoisotopic (exact) mass is 231 g/mol. The van der Waals surface area contributed by atoms with Crippen molar-refractivity contribution in [1.29, 1.82) is 0 Å². The van der Waals surface area contributed by atoms with Crippen LogP contribution >= 0.6 is 0 Å². The predicted octanol–water partition coefficient (Wildman–Crippen LogP) is 1.11. The molecule has 3 aliphatic heterocycles. The summed E-state index contributed by atoms with van der Waals surface area (Å²) in [6, 6.07) is 7.83. The number of hydrogen-bond donors (Lipinski definition) is 0. The summed E-state index contributed by atoms with van der Waals surface area (Å²) in [5, 5.41) is 1.66. The van der Waals surface area contributed by atoms with Crippen LogP contribution in [-0.4, -0.2) is 19.1 Å². The van der Waals surface area contributed by atoms with Crippen LogP contribution in [0.4, 0.5) is 5.69 Å². The second-order valence-corrected chi connectivity index (χ2v) is 4.11. The number of para-hydroxylation sites is 1. The summed E-state index contributed by atoms with van der Waals surface area (Å²) in [7, 11) is 0. The Balaban J connectivity index is 1.92. The van der Waals surface area contributed by atoms with Crippen molar-refractivity contribution in [2.24, 2.45) is 0 Å².